The maximum atomic E-state index is 11.7. The summed E-state index contributed by atoms with van der Waals surface area (Å²) in [6.07, 6.45) is 3.43. The average molecular weight is 219 g/mol. The Morgan fingerprint density at radius 1 is 1.56 bits per heavy atom. The number of nitrogens with one attached hydrogen (secondary N) is 2. The monoisotopic (exact) mass is 219 g/mol. The van der Waals surface area contributed by atoms with Gasteiger partial charge in [-0.25, -0.2) is 0 Å². The van der Waals surface area contributed by atoms with Gasteiger partial charge in [-0.2, -0.15) is 5.10 Å². The van der Waals surface area contributed by atoms with E-state index in [0.717, 1.165) is 11.3 Å². The maximum Gasteiger partial charge on any atom is 0.287 e. The Hall–Kier alpha value is -2.04. The van der Waals surface area contributed by atoms with Crippen molar-refractivity contribution in [2.24, 2.45) is 0 Å². The number of carbonyl (C=O) groups excluding carboxylic acids is 1. The number of hydrogen-bond donors (Lipinski definition) is 2. The molecule has 2 rings (SSSR count). The molecular formula is C11H13N3O2. The van der Waals surface area contributed by atoms with E-state index in [1.54, 1.807) is 31.5 Å². The molecule has 2 heterocycles. The molecule has 0 aliphatic rings. The zero-order valence-electron chi connectivity index (χ0n) is 9.15. The molecule has 16 heavy (non-hydrogen) atoms. The second-order valence-electron chi connectivity index (χ2n) is 3.64. The second kappa shape index (κ2) is 4.22. The van der Waals surface area contributed by atoms with Gasteiger partial charge in [-0.15, -0.1) is 0 Å². The van der Waals surface area contributed by atoms with Crippen LogP contribution in [-0.2, 0) is 0 Å². The Balaban J connectivity index is 2.03. The first-order valence-corrected chi connectivity index (χ1v) is 5.03. The lowest BCUT2D eigenvalue weighted by Crippen LogP contribution is -2.25. The number of hydrogen-bond acceptors (Lipinski definition) is 3. The van der Waals surface area contributed by atoms with Crippen LogP contribution in [0, 0.1) is 6.92 Å². The van der Waals surface area contributed by atoms with Crippen LogP contribution in [0.15, 0.2) is 28.9 Å². The van der Waals surface area contributed by atoms with Gasteiger partial charge in [0.2, 0.25) is 0 Å². The quantitative estimate of drug-likeness (QED) is 0.826. The van der Waals surface area contributed by atoms with Crippen LogP contribution in [0.2, 0.25) is 0 Å². The zero-order valence-corrected chi connectivity index (χ0v) is 9.15. The molecule has 0 fully saturated rings. The molecule has 1 atom stereocenters. The molecule has 84 valence electrons. The molecule has 0 saturated heterocycles. The largest absolute Gasteiger partial charge is 0.456 e. The van der Waals surface area contributed by atoms with Gasteiger partial charge < -0.3 is 9.73 Å². The van der Waals surface area contributed by atoms with Crippen molar-refractivity contribution in [2.75, 3.05) is 0 Å². The Morgan fingerprint density at radius 3 is 2.94 bits per heavy atom. The van der Waals surface area contributed by atoms with E-state index in [-0.39, 0.29) is 11.9 Å². The van der Waals surface area contributed by atoms with Crippen molar-refractivity contribution in [3.05, 3.63) is 41.6 Å². The number of furan rings is 1. The predicted octanol–water partition coefficient (Wildman–Crippen LogP) is 1.80. The third-order valence-corrected chi connectivity index (χ3v) is 2.33. The standard InChI is InChI=1S/C11H13N3O2/c1-7-3-4-10(16-7)11(15)14-8(2)9-5-12-13-6-9/h3-6,8H,1-2H3,(H,12,13)(H,14,15). The molecule has 2 N–H and O–H groups in total. The molecule has 0 bridgehead atoms. The Morgan fingerprint density at radius 2 is 2.38 bits per heavy atom. The molecule has 1 amide bonds. The van der Waals surface area contributed by atoms with Gasteiger partial charge in [0, 0.05) is 11.8 Å². The van der Waals surface area contributed by atoms with Crippen molar-refractivity contribution in [1.29, 1.82) is 0 Å². The van der Waals surface area contributed by atoms with E-state index >= 15 is 0 Å². The topological polar surface area (TPSA) is 70.9 Å². The molecular weight excluding hydrogens is 206 g/mol. The molecule has 0 aliphatic heterocycles. The first-order valence-electron chi connectivity index (χ1n) is 5.03. The van der Waals surface area contributed by atoms with E-state index in [0.29, 0.717) is 5.76 Å². The summed E-state index contributed by atoms with van der Waals surface area (Å²) in [7, 11) is 0. The molecule has 2 aromatic heterocycles. The fourth-order valence-corrected chi connectivity index (χ4v) is 1.41. The molecule has 0 saturated carbocycles. The molecule has 5 nitrogen and oxygen atoms in total. The van der Waals surface area contributed by atoms with Gasteiger partial charge in [0.25, 0.3) is 5.91 Å². The van der Waals surface area contributed by atoms with Gasteiger partial charge in [-0.3, -0.25) is 9.89 Å². The van der Waals surface area contributed by atoms with Crippen molar-refractivity contribution in [2.45, 2.75) is 19.9 Å². The Labute approximate surface area is 92.9 Å². The van der Waals surface area contributed by atoms with E-state index in [1.807, 2.05) is 6.92 Å². The number of aromatic nitrogens is 2. The summed E-state index contributed by atoms with van der Waals surface area (Å²) in [6.45, 7) is 3.69. The summed E-state index contributed by atoms with van der Waals surface area (Å²) >= 11 is 0. The molecule has 5 heteroatoms. The number of nitrogens with zero attached hydrogens (tertiary/aromatic N) is 1. The SMILES string of the molecule is Cc1ccc(C(=O)NC(C)c2cn[nH]c2)o1. The van der Waals surface area contributed by atoms with Crippen LogP contribution in [0.4, 0.5) is 0 Å². The fourth-order valence-electron chi connectivity index (χ4n) is 1.41. The van der Waals surface area contributed by atoms with E-state index in [4.69, 9.17) is 4.42 Å². The minimum atomic E-state index is -0.221. The smallest absolute Gasteiger partial charge is 0.287 e. The third-order valence-electron chi connectivity index (χ3n) is 2.33. The first-order chi connectivity index (χ1) is 7.66. The summed E-state index contributed by atoms with van der Waals surface area (Å²) in [5.41, 5.74) is 0.927. The molecule has 0 radical (unpaired) electrons. The summed E-state index contributed by atoms with van der Waals surface area (Å²) in [4.78, 5) is 11.7. The van der Waals surface area contributed by atoms with Crippen LogP contribution in [-0.4, -0.2) is 16.1 Å². The highest BCUT2D eigenvalue weighted by Crippen LogP contribution is 2.12. The minimum absolute atomic E-state index is 0.100. The van der Waals surface area contributed by atoms with Crippen molar-refractivity contribution < 1.29 is 9.21 Å². The van der Waals surface area contributed by atoms with Crippen LogP contribution in [0.1, 0.15) is 34.8 Å². The number of H-pyrrole nitrogens is 1. The van der Waals surface area contributed by atoms with E-state index in [2.05, 4.69) is 15.5 Å². The van der Waals surface area contributed by atoms with Gasteiger partial charge in [-0.05, 0) is 26.0 Å². The highest BCUT2D eigenvalue weighted by atomic mass is 16.3. The van der Waals surface area contributed by atoms with Gasteiger partial charge >= 0.3 is 0 Å². The third kappa shape index (κ3) is 2.13. The van der Waals surface area contributed by atoms with Crippen molar-refractivity contribution in [3.8, 4) is 0 Å². The van der Waals surface area contributed by atoms with Crippen LogP contribution >= 0.6 is 0 Å². The maximum absolute atomic E-state index is 11.7. The minimum Gasteiger partial charge on any atom is -0.456 e. The van der Waals surface area contributed by atoms with Crippen LogP contribution in [0.3, 0.4) is 0 Å². The van der Waals surface area contributed by atoms with Crippen molar-refractivity contribution in [1.82, 2.24) is 15.5 Å². The number of rotatable bonds is 3. The van der Waals surface area contributed by atoms with Gasteiger partial charge in [0.1, 0.15) is 5.76 Å². The zero-order chi connectivity index (χ0) is 11.5. The molecule has 0 aromatic carbocycles. The van der Waals surface area contributed by atoms with Crippen molar-refractivity contribution in [3.63, 3.8) is 0 Å². The summed E-state index contributed by atoms with van der Waals surface area (Å²) in [5.74, 6) is 0.829. The normalized spacial score (nSPS) is 12.4. The van der Waals surface area contributed by atoms with E-state index in [1.165, 1.54) is 0 Å². The highest BCUT2D eigenvalue weighted by Gasteiger charge is 2.14. The second-order valence-corrected chi connectivity index (χ2v) is 3.64. The first kappa shape index (κ1) is 10.5. The summed E-state index contributed by atoms with van der Waals surface area (Å²) in [6, 6.07) is 3.32. The number of aromatic amines is 1. The van der Waals surface area contributed by atoms with Gasteiger partial charge in [0.15, 0.2) is 5.76 Å². The molecule has 2 aromatic rings. The molecule has 0 aliphatic carbocycles. The Bertz CT molecular complexity index is 473. The van der Waals surface area contributed by atoms with Crippen LogP contribution in [0.25, 0.3) is 0 Å². The van der Waals surface area contributed by atoms with Crippen LogP contribution in [0.5, 0.6) is 0 Å². The molecule has 1 unspecified atom stereocenters. The lowest BCUT2D eigenvalue weighted by Gasteiger charge is -2.10. The van der Waals surface area contributed by atoms with E-state index < -0.39 is 0 Å². The summed E-state index contributed by atoms with van der Waals surface area (Å²) < 4.78 is 5.23. The average Bonchev–Trinajstić information content (AvgIpc) is 2.87. The lowest BCUT2D eigenvalue weighted by molar-refractivity contribution is 0.0910. The Kier molecular flexibility index (Phi) is 2.76. The van der Waals surface area contributed by atoms with Gasteiger partial charge in [-0.1, -0.05) is 0 Å². The predicted molar refractivity (Wildman–Crippen MR) is 57.9 cm³/mol. The lowest BCUT2D eigenvalue weighted by atomic mass is 10.2. The van der Waals surface area contributed by atoms with E-state index in [9.17, 15) is 4.79 Å². The fraction of sp³-hybridized carbons (Fsp3) is 0.273. The number of amides is 1. The highest BCUT2D eigenvalue weighted by molar-refractivity contribution is 5.91. The summed E-state index contributed by atoms with van der Waals surface area (Å²) in [5, 5.41) is 9.35. The number of aryl methyl sites for hydroxylation is 1. The number of carbonyl (C=O) groups is 1. The van der Waals surface area contributed by atoms with Crippen LogP contribution < -0.4 is 5.32 Å². The van der Waals surface area contributed by atoms with Crippen molar-refractivity contribution >= 4 is 5.91 Å². The molecule has 0 spiro atoms. The van der Waals surface area contributed by atoms with Gasteiger partial charge in [0.05, 0.1) is 12.2 Å².